The molecule has 0 saturated carbocycles. The van der Waals surface area contributed by atoms with Gasteiger partial charge in [-0.25, -0.2) is 4.79 Å². The molecule has 0 atom stereocenters. The van der Waals surface area contributed by atoms with E-state index in [-0.39, 0.29) is 11.5 Å². The predicted molar refractivity (Wildman–Crippen MR) is 55.7 cm³/mol. The van der Waals surface area contributed by atoms with Crippen LogP contribution < -0.4 is 0 Å². The average Bonchev–Trinajstić information content (AvgIpc) is 2.18. The molecule has 0 aliphatic heterocycles. The summed E-state index contributed by atoms with van der Waals surface area (Å²) in [6.45, 7) is 3.62. The van der Waals surface area contributed by atoms with Crippen molar-refractivity contribution in [3.8, 4) is 0 Å². The minimum absolute atomic E-state index is 0.217. The molecule has 0 aromatic heterocycles. The third-order valence-electron chi connectivity index (χ3n) is 1.57. The summed E-state index contributed by atoms with van der Waals surface area (Å²) in [6, 6.07) is 7.06. The number of rotatable bonds is 3. The number of hydrogen-bond donors (Lipinski definition) is 0. The Bertz CT molecular complexity index is 303. The first-order chi connectivity index (χ1) is 6.27. The van der Waals surface area contributed by atoms with E-state index in [9.17, 15) is 4.79 Å². The molecule has 0 fully saturated rings. The monoisotopic (exact) mass is 240 g/mol. The zero-order valence-corrected chi connectivity index (χ0v) is 8.58. The fraction of sp³-hybridized carbons (Fsp3) is 0.100. The van der Waals surface area contributed by atoms with Crippen molar-refractivity contribution in [3.63, 3.8) is 0 Å². The lowest BCUT2D eigenvalue weighted by molar-refractivity contribution is 0.0584. The van der Waals surface area contributed by atoms with Gasteiger partial charge in [-0.2, -0.15) is 0 Å². The Labute approximate surface area is 85.3 Å². The van der Waals surface area contributed by atoms with Crippen LogP contribution in [0.25, 0.3) is 6.08 Å². The summed E-state index contributed by atoms with van der Waals surface area (Å²) in [5.41, 5.74) is 1.75. The van der Waals surface area contributed by atoms with Crippen LogP contribution in [-0.2, 0) is 4.74 Å². The molecule has 0 aliphatic rings. The standard InChI is InChI=1S/C10H9BrO2/c1-2-8-3-5-9(6-4-8)10(12)13-7-11/h2-6H,1,7H2. The van der Waals surface area contributed by atoms with E-state index < -0.39 is 0 Å². The molecule has 0 unspecified atom stereocenters. The number of carbonyl (C=O) groups excluding carboxylic acids is 1. The lowest BCUT2D eigenvalue weighted by Crippen LogP contribution is -2.02. The molecule has 68 valence electrons. The van der Waals surface area contributed by atoms with Crippen LogP contribution in [0.15, 0.2) is 30.8 Å². The molecule has 1 aromatic rings. The van der Waals surface area contributed by atoms with Crippen LogP contribution >= 0.6 is 15.9 Å². The third kappa shape index (κ3) is 2.70. The summed E-state index contributed by atoms with van der Waals surface area (Å²) < 4.78 is 4.75. The van der Waals surface area contributed by atoms with Crippen molar-refractivity contribution < 1.29 is 9.53 Å². The van der Waals surface area contributed by atoms with Gasteiger partial charge >= 0.3 is 5.97 Å². The van der Waals surface area contributed by atoms with Crippen LogP contribution in [0.5, 0.6) is 0 Å². The van der Waals surface area contributed by atoms with Crippen molar-refractivity contribution in [1.82, 2.24) is 0 Å². The second-order valence-corrected chi connectivity index (χ2v) is 2.82. The van der Waals surface area contributed by atoms with Crippen molar-refractivity contribution in [3.05, 3.63) is 42.0 Å². The van der Waals surface area contributed by atoms with Gasteiger partial charge < -0.3 is 4.74 Å². The number of carbonyl (C=O) groups is 1. The first-order valence-corrected chi connectivity index (χ1v) is 4.85. The highest BCUT2D eigenvalue weighted by atomic mass is 79.9. The number of halogens is 1. The van der Waals surface area contributed by atoms with Crippen LogP contribution in [0.2, 0.25) is 0 Å². The molecule has 0 radical (unpaired) electrons. The maximum absolute atomic E-state index is 11.2. The van der Waals surface area contributed by atoms with E-state index in [1.165, 1.54) is 0 Å². The Morgan fingerprint density at radius 2 is 2.08 bits per heavy atom. The van der Waals surface area contributed by atoms with Crippen molar-refractivity contribution in [2.24, 2.45) is 0 Å². The summed E-state index contributed by atoms with van der Waals surface area (Å²) in [6.07, 6.45) is 1.72. The molecule has 0 spiro atoms. The minimum Gasteiger partial charge on any atom is -0.450 e. The number of alkyl halides is 1. The zero-order chi connectivity index (χ0) is 9.68. The predicted octanol–water partition coefficient (Wildman–Crippen LogP) is 2.84. The molecule has 0 N–H and O–H groups in total. The second-order valence-electron chi connectivity index (χ2n) is 2.37. The number of esters is 1. The van der Waals surface area contributed by atoms with Crippen LogP contribution in [-0.4, -0.2) is 11.5 Å². The van der Waals surface area contributed by atoms with E-state index in [0.717, 1.165) is 5.56 Å². The third-order valence-corrected chi connectivity index (χ3v) is 1.80. The maximum atomic E-state index is 11.2. The van der Waals surface area contributed by atoms with E-state index >= 15 is 0 Å². The summed E-state index contributed by atoms with van der Waals surface area (Å²) in [7, 11) is 0. The Hall–Kier alpha value is -1.09. The highest BCUT2D eigenvalue weighted by Crippen LogP contribution is 2.07. The average molecular weight is 241 g/mol. The molecule has 2 nitrogen and oxygen atoms in total. The summed E-state index contributed by atoms with van der Waals surface area (Å²) >= 11 is 3.02. The minimum atomic E-state index is -0.326. The molecular weight excluding hydrogens is 232 g/mol. The Morgan fingerprint density at radius 1 is 1.46 bits per heavy atom. The first-order valence-electron chi connectivity index (χ1n) is 3.73. The molecule has 0 aliphatic carbocycles. The topological polar surface area (TPSA) is 26.3 Å². The summed E-state index contributed by atoms with van der Waals surface area (Å²) in [5.74, 6) is -0.326. The first kappa shape index (κ1) is 9.99. The SMILES string of the molecule is C=Cc1ccc(C(=O)OCBr)cc1. The second kappa shape index (κ2) is 4.82. The van der Waals surface area contributed by atoms with E-state index in [0.29, 0.717) is 5.56 Å². The Morgan fingerprint density at radius 3 is 2.54 bits per heavy atom. The molecule has 1 rings (SSSR count). The van der Waals surface area contributed by atoms with Crippen molar-refractivity contribution >= 4 is 28.0 Å². The largest absolute Gasteiger partial charge is 0.450 e. The molecule has 0 saturated heterocycles. The van der Waals surface area contributed by atoms with Gasteiger partial charge in [0.15, 0.2) is 0 Å². The lowest BCUT2D eigenvalue weighted by atomic mass is 10.1. The van der Waals surface area contributed by atoms with Gasteiger partial charge in [0.2, 0.25) is 0 Å². The summed E-state index contributed by atoms with van der Waals surface area (Å²) in [5, 5.41) is 0. The van der Waals surface area contributed by atoms with Crippen LogP contribution in [0, 0.1) is 0 Å². The van der Waals surface area contributed by atoms with Gasteiger partial charge in [-0.3, -0.25) is 0 Å². The Kier molecular flexibility index (Phi) is 3.71. The van der Waals surface area contributed by atoms with E-state index in [1.54, 1.807) is 18.2 Å². The van der Waals surface area contributed by atoms with Gasteiger partial charge in [0.1, 0.15) is 5.52 Å². The molecule has 13 heavy (non-hydrogen) atoms. The van der Waals surface area contributed by atoms with Gasteiger partial charge in [0.05, 0.1) is 5.56 Å². The fourth-order valence-corrected chi connectivity index (χ4v) is 1.10. The smallest absolute Gasteiger partial charge is 0.338 e. The van der Waals surface area contributed by atoms with Crippen LogP contribution in [0.1, 0.15) is 15.9 Å². The zero-order valence-electron chi connectivity index (χ0n) is 7.00. The quantitative estimate of drug-likeness (QED) is 0.600. The normalized spacial score (nSPS) is 9.31. The van der Waals surface area contributed by atoms with E-state index in [2.05, 4.69) is 22.5 Å². The molecule has 0 bridgehead atoms. The van der Waals surface area contributed by atoms with Gasteiger partial charge in [-0.05, 0) is 33.6 Å². The fourth-order valence-electron chi connectivity index (χ4n) is 0.888. The van der Waals surface area contributed by atoms with Gasteiger partial charge in [-0.15, -0.1) is 0 Å². The summed E-state index contributed by atoms with van der Waals surface area (Å²) in [4.78, 5) is 11.2. The van der Waals surface area contributed by atoms with Crippen molar-refractivity contribution in [2.75, 3.05) is 5.52 Å². The molecule has 0 heterocycles. The van der Waals surface area contributed by atoms with E-state index in [4.69, 9.17) is 4.74 Å². The van der Waals surface area contributed by atoms with E-state index in [1.807, 2.05) is 12.1 Å². The lowest BCUT2D eigenvalue weighted by Gasteiger charge is -2.00. The van der Waals surface area contributed by atoms with Gasteiger partial charge in [-0.1, -0.05) is 24.8 Å². The number of benzene rings is 1. The van der Waals surface area contributed by atoms with Crippen molar-refractivity contribution in [1.29, 1.82) is 0 Å². The van der Waals surface area contributed by atoms with Crippen molar-refractivity contribution in [2.45, 2.75) is 0 Å². The maximum Gasteiger partial charge on any atom is 0.338 e. The number of hydrogen-bond acceptors (Lipinski definition) is 2. The van der Waals surface area contributed by atoms with Crippen LogP contribution in [0.3, 0.4) is 0 Å². The number of ether oxygens (including phenoxy) is 1. The molecule has 0 amide bonds. The van der Waals surface area contributed by atoms with Crippen LogP contribution in [0.4, 0.5) is 0 Å². The van der Waals surface area contributed by atoms with Gasteiger partial charge in [0.25, 0.3) is 0 Å². The molecular formula is C10H9BrO2. The highest BCUT2D eigenvalue weighted by molar-refractivity contribution is 9.09. The molecule has 3 heteroatoms. The molecule has 1 aromatic carbocycles. The van der Waals surface area contributed by atoms with Gasteiger partial charge in [0, 0.05) is 0 Å². The Balaban J connectivity index is 2.79. The highest BCUT2D eigenvalue weighted by Gasteiger charge is 2.04.